The fourth-order valence-electron chi connectivity index (χ4n) is 3.53. The first kappa shape index (κ1) is 27.0. The van der Waals surface area contributed by atoms with Crippen molar-refractivity contribution in [1.29, 1.82) is 0 Å². The molecule has 36 heavy (non-hydrogen) atoms. The Labute approximate surface area is 206 Å². The molecule has 192 valence electrons. The Balaban J connectivity index is 1.79. The van der Waals surface area contributed by atoms with Crippen molar-refractivity contribution in [2.24, 2.45) is 5.10 Å². The Hall–Kier alpha value is -3.61. The van der Waals surface area contributed by atoms with Crippen LogP contribution in [0.3, 0.4) is 0 Å². The van der Waals surface area contributed by atoms with E-state index >= 15 is 0 Å². The first-order valence-electron chi connectivity index (χ1n) is 10.3. The third-order valence-corrected chi connectivity index (χ3v) is 5.92. The lowest BCUT2D eigenvalue weighted by Gasteiger charge is -2.27. The highest BCUT2D eigenvalue weighted by Gasteiger charge is 2.32. The second-order valence-electron chi connectivity index (χ2n) is 7.61. The molecule has 0 aromatic heterocycles. The highest BCUT2D eigenvalue weighted by Crippen LogP contribution is 2.31. The number of aromatic carboxylic acids is 1. The lowest BCUT2D eigenvalue weighted by atomic mass is 9.98. The molecule has 0 fully saturated rings. The Morgan fingerprint density at radius 1 is 1.22 bits per heavy atom. The Kier molecular flexibility index (Phi) is 8.23. The zero-order valence-corrected chi connectivity index (χ0v) is 19.7. The van der Waals surface area contributed by atoms with Gasteiger partial charge in [0.15, 0.2) is 0 Å². The quantitative estimate of drug-likeness (QED) is 0.370. The van der Waals surface area contributed by atoms with Gasteiger partial charge in [0.05, 0.1) is 18.2 Å². The molecular weight excluding hydrogens is 509 g/mol. The Bertz CT molecular complexity index is 1230. The number of nitrogens with zero attached hydrogens (tertiary/aromatic N) is 2. The molecule has 2 N–H and O–H groups in total. The summed E-state index contributed by atoms with van der Waals surface area (Å²) in [5, 5.41) is 14.1. The van der Waals surface area contributed by atoms with E-state index in [1.807, 2.05) is 0 Å². The number of ether oxygens (including phenoxy) is 1. The van der Waals surface area contributed by atoms with Gasteiger partial charge in [-0.1, -0.05) is 18.2 Å². The van der Waals surface area contributed by atoms with Crippen LogP contribution in [0.5, 0.6) is 5.75 Å². The number of allylic oxidation sites excluding steroid dienone is 1. The van der Waals surface area contributed by atoms with E-state index in [9.17, 15) is 31.5 Å². The molecule has 7 nitrogen and oxygen atoms in total. The number of carbonyl (C=O) groups excluding carboxylic acids is 1. The maximum atomic E-state index is 13.7. The van der Waals surface area contributed by atoms with Crippen molar-refractivity contribution in [2.45, 2.75) is 30.3 Å². The molecule has 0 spiro atoms. The fraction of sp³-hybridized carbons (Fsp3) is 0.261. The molecule has 0 unspecified atom stereocenters. The molecule has 1 amide bonds. The van der Waals surface area contributed by atoms with Gasteiger partial charge in [0.1, 0.15) is 17.0 Å². The monoisotopic (exact) mass is 529 g/mol. The van der Waals surface area contributed by atoms with E-state index in [4.69, 9.17) is 9.84 Å². The van der Waals surface area contributed by atoms with Gasteiger partial charge < -0.3 is 9.84 Å². The molecular formula is C23H20F5N3O4S. The van der Waals surface area contributed by atoms with Gasteiger partial charge >= 0.3 is 12.1 Å². The van der Waals surface area contributed by atoms with E-state index in [1.165, 1.54) is 44.5 Å². The number of benzene rings is 2. The SMILES string of the molecule is COc1cc(SNC(=O)C2=C(C(F)F)N(C)N=C(Cc3cccc(C(F)(F)F)c3)C2)ccc1C(=O)O. The van der Waals surface area contributed by atoms with Crippen molar-refractivity contribution in [2.75, 3.05) is 14.2 Å². The van der Waals surface area contributed by atoms with E-state index in [2.05, 4.69) is 9.82 Å². The van der Waals surface area contributed by atoms with Gasteiger partial charge in [0.25, 0.3) is 12.3 Å². The van der Waals surface area contributed by atoms with E-state index in [1.54, 1.807) is 0 Å². The molecule has 0 aliphatic carbocycles. The first-order valence-corrected chi connectivity index (χ1v) is 11.1. The number of methoxy groups -OCH3 is 1. The van der Waals surface area contributed by atoms with Gasteiger partial charge in [0, 0.05) is 30.5 Å². The largest absolute Gasteiger partial charge is 0.496 e. The van der Waals surface area contributed by atoms with Gasteiger partial charge in [-0.2, -0.15) is 18.3 Å². The van der Waals surface area contributed by atoms with Gasteiger partial charge in [-0.3, -0.25) is 14.5 Å². The third-order valence-electron chi connectivity index (χ3n) is 5.14. The first-order chi connectivity index (χ1) is 16.9. The highest BCUT2D eigenvalue weighted by molar-refractivity contribution is 7.98. The number of hydrogen-bond acceptors (Lipinski definition) is 6. The summed E-state index contributed by atoms with van der Waals surface area (Å²) in [6, 6.07) is 8.60. The minimum absolute atomic E-state index is 0.0436. The topological polar surface area (TPSA) is 91.2 Å². The van der Waals surface area contributed by atoms with Crippen molar-refractivity contribution < 1.29 is 41.4 Å². The average molecular weight is 529 g/mol. The van der Waals surface area contributed by atoms with Gasteiger partial charge in [-0.25, -0.2) is 13.6 Å². The van der Waals surface area contributed by atoms with Crippen molar-refractivity contribution in [3.8, 4) is 5.75 Å². The summed E-state index contributed by atoms with van der Waals surface area (Å²) < 4.78 is 74.1. The summed E-state index contributed by atoms with van der Waals surface area (Å²) >= 11 is 0.762. The van der Waals surface area contributed by atoms with E-state index in [0.717, 1.165) is 29.1 Å². The number of carbonyl (C=O) groups is 2. The smallest absolute Gasteiger partial charge is 0.416 e. The van der Waals surface area contributed by atoms with Crippen molar-refractivity contribution in [1.82, 2.24) is 9.73 Å². The number of rotatable bonds is 8. The lowest BCUT2D eigenvalue weighted by molar-refractivity contribution is -0.137. The van der Waals surface area contributed by atoms with Crippen molar-refractivity contribution in [3.05, 3.63) is 70.4 Å². The van der Waals surface area contributed by atoms with Gasteiger partial charge in [-0.05, 0) is 41.8 Å². The maximum absolute atomic E-state index is 13.7. The minimum Gasteiger partial charge on any atom is -0.496 e. The second kappa shape index (κ2) is 11.0. The van der Waals surface area contributed by atoms with Crippen LogP contribution in [0.1, 0.15) is 27.9 Å². The third kappa shape index (κ3) is 6.33. The van der Waals surface area contributed by atoms with Crippen LogP contribution in [-0.2, 0) is 17.4 Å². The molecule has 2 aromatic carbocycles. The predicted molar refractivity (Wildman–Crippen MR) is 122 cm³/mol. The lowest BCUT2D eigenvalue weighted by Crippen LogP contribution is -2.33. The Morgan fingerprint density at radius 2 is 1.94 bits per heavy atom. The van der Waals surface area contributed by atoms with Crippen LogP contribution in [0.25, 0.3) is 0 Å². The normalized spacial score (nSPS) is 14.1. The number of amides is 1. The maximum Gasteiger partial charge on any atom is 0.416 e. The zero-order chi connectivity index (χ0) is 26.6. The summed E-state index contributed by atoms with van der Waals surface area (Å²) in [4.78, 5) is 24.5. The fourth-order valence-corrected chi connectivity index (χ4v) is 4.17. The molecule has 0 saturated carbocycles. The van der Waals surface area contributed by atoms with E-state index < -0.39 is 35.7 Å². The summed E-state index contributed by atoms with van der Waals surface area (Å²) in [7, 11) is 2.50. The molecule has 0 bridgehead atoms. The van der Waals surface area contributed by atoms with Crippen LogP contribution in [-0.4, -0.2) is 48.3 Å². The summed E-state index contributed by atoms with van der Waals surface area (Å²) in [6.07, 6.45) is -7.96. The number of nitrogens with one attached hydrogen (secondary N) is 1. The van der Waals surface area contributed by atoms with Crippen molar-refractivity contribution in [3.63, 3.8) is 0 Å². The molecule has 1 aliphatic heterocycles. The number of alkyl halides is 5. The van der Waals surface area contributed by atoms with Gasteiger partial charge in [-0.15, -0.1) is 0 Å². The molecule has 0 atom stereocenters. The standard InChI is InChI=1S/C23H20F5N3O4S/c1-31-19(20(24)25)17(10-14(29-31)9-12-4-3-5-13(8-12)23(26,27)28)21(32)30-36-15-6-7-16(22(33)34)18(11-15)35-2/h3-8,11,20H,9-10H2,1-2H3,(H,30,32)(H,33,34). The average Bonchev–Trinajstić information content (AvgIpc) is 2.81. The van der Waals surface area contributed by atoms with E-state index in [-0.39, 0.29) is 41.0 Å². The molecule has 0 saturated heterocycles. The van der Waals surface area contributed by atoms with E-state index in [0.29, 0.717) is 4.90 Å². The van der Waals surface area contributed by atoms with Crippen molar-refractivity contribution >= 4 is 29.5 Å². The molecule has 1 heterocycles. The zero-order valence-electron chi connectivity index (χ0n) is 18.9. The minimum atomic E-state index is -4.54. The van der Waals surface area contributed by atoms with Crippen LogP contribution in [0, 0.1) is 0 Å². The van der Waals surface area contributed by atoms with Crippen LogP contribution >= 0.6 is 11.9 Å². The Morgan fingerprint density at radius 3 is 2.56 bits per heavy atom. The summed E-state index contributed by atoms with van der Waals surface area (Å²) in [5.41, 5.74) is -1.38. The summed E-state index contributed by atoms with van der Waals surface area (Å²) in [6.45, 7) is 0. The molecule has 1 aliphatic rings. The van der Waals surface area contributed by atoms with Crippen LogP contribution < -0.4 is 9.46 Å². The number of carboxylic acid groups (broad SMARTS) is 1. The number of hydrazone groups is 1. The van der Waals surface area contributed by atoms with Crippen LogP contribution in [0.15, 0.2) is 63.7 Å². The van der Waals surface area contributed by atoms with Gasteiger partial charge in [0.2, 0.25) is 0 Å². The number of halogens is 5. The second-order valence-corrected chi connectivity index (χ2v) is 8.49. The van der Waals surface area contributed by atoms with Crippen LogP contribution in [0.2, 0.25) is 0 Å². The van der Waals surface area contributed by atoms with Crippen LogP contribution in [0.4, 0.5) is 22.0 Å². The predicted octanol–water partition coefficient (Wildman–Crippen LogP) is 4.99. The number of hydrogen-bond donors (Lipinski definition) is 2. The molecule has 3 rings (SSSR count). The summed E-state index contributed by atoms with van der Waals surface area (Å²) in [5.74, 6) is -2.01. The number of carboxylic acids is 1. The molecule has 0 radical (unpaired) electrons. The molecule has 13 heteroatoms. The molecule has 2 aromatic rings. The highest BCUT2D eigenvalue weighted by atomic mass is 32.2.